The lowest BCUT2D eigenvalue weighted by Crippen LogP contribution is -2.34. The zero-order valence-corrected chi connectivity index (χ0v) is 13.3. The van der Waals surface area contributed by atoms with Crippen LogP contribution in [-0.4, -0.2) is 11.9 Å². The highest BCUT2D eigenvalue weighted by molar-refractivity contribution is 5.98. The first kappa shape index (κ1) is 15.3. The molecular formula is C21H20NO. The Kier molecular flexibility index (Phi) is 4.42. The van der Waals surface area contributed by atoms with Gasteiger partial charge in [-0.15, -0.1) is 0 Å². The van der Waals surface area contributed by atoms with Crippen molar-refractivity contribution < 1.29 is 4.79 Å². The maximum Gasteiger partial charge on any atom is 0.251 e. The maximum atomic E-state index is 12.4. The van der Waals surface area contributed by atoms with Crippen LogP contribution in [0.3, 0.4) is 0 Å². The van der Waals surface area contributed by atoms with E-state index in [9.17, 15) is 4.79 Å². The van der Waals surface area contributed by atoms with Gasteiger partial charge in [0.25, 0.3) is 5.91 Å². The fraction of sp³-hybridized carbons (Fsp3) is 0.143. The van der Waals surface area contributed by atoms with Crippen LogP contribution in [0.2, 0.25) is 0 Å². The van der Waals surface area contributed by atoms with E-state index in [1.54, 1.807) is 0 Å². The van der Waals surface area contributed by atoms with Crippen LogP contribution in [0, 0.1) is 13.8 Å². The summed E-state index contributed by atoms with van der Waals surface area (Å²) < 4.78 is 0. The van der Waals surface area contributed by atoms with Crippen LogP contribution in [-0.2, 0) is 6.42 Å². The summed E-state index contributed by atoms with van der Waals surface area (Å²) >= 11 is 0. The van der Waals surface area contributed by atoms with Gasteiger partial charge in [-0.2, -0.15) is 0 Å². The van der Waals surface area contributed by atoms with Crippen molar-refractivity contribution in [2.45, 2.75) is 19.4 Å². The number of hydrogen-bond acceptors (Lipinski definition) is 1. The maximum absolute atomic E-state index is 12.4. The first-order valence-corrected chi connectivity index (χ1v) is 7.80. The van der Waals surface area contributed by atoms with Gasteiger partial charge in [-0.3, -0.25) is 4.79 Å². The third kappa shape index (κ3) is 3.78. The van der Waals surface area contributed by atoms with Gasteiger partial charge in [0.05, 0.1) is 0 Å². The van der Waals surface area contributed by atoms with Crippen molar-refractivity contribution in [1.29, 1.82) is 0 Å². The number of hydrogen-bond donors (Lipinski definition) is 1. The minimum atomic E-state index is -0.157. The van der Waals surface area contributed by atoms with Gasteiger partial charge in [-0.25, -0.2) is 0 Å². The molecule has 1 radical (unpaired) electrons. The quantitative estimate of drug-likeness (QED) is 0.764. The topological polar surface area (TPSA) is 29.1 Å². The molecule has 0 aliphatic heterocycles. The molecule has 3 aromatic carbocycles. The summed E-state index contributed by atoms with van der Waals surface area (Å²) in [5, 5.41) is 5.18. The zero-order valence-electron chi connectivity index (χ0n) is 13.3. The van der Waals surface area contributed by atoms with Gasteiger partial charge in [0.2, 0.25) is 0 Å². The molecule has 0 bridgehead atoms. The monoisotopic (exact) mass is 302 g/mol. The second-order valence-electron chi connectivity index (χ2n) is 5.93. The van der Waals surface area contributed by atoms with E-state index in [1.165, 1.54) is 11.1 Å². The molecule has 2 heteroatoms. The van der Waals surface area contributed by atoms with Gasteiger partial charge < -0.3 is 5.32 Å². The summed E-state index contributed by atoms with van der Waals surface area (Å²) in [6.45, 7) is 6.12. The van der Waals surface area contributed by atoms with Crippen LogP contribution in [0.25, 0.3) is 10.8 Å². The molecule has 0 fully saturated rings. The van der Waals surface area contributed by atoms with Gasteiger partial charge in [0.15, 0.2) is 0 Å². The van der Waals surface area contributed by atoms with E-state index in [-0.39, 0.29) is 11.9 Å². The van der Waals surface area contributed by atoms with Crippen molar-refractivity contribution in [3.05, 3.63) is 90.3 Å². The minimum Gasteiger partial charge on any atom is -0.349 e. The van der Waals surface area contributed by atoms with Gasteiger partial charge >= 0.3 is 0 Å². The normalized spacial score (nSPS) is 12.1. The van der Waals surface area contributed by atoms with E-state index >= 15 is 0 Å². The standard InChI is InChI=1S/C21H20NO/c1-15-6-5-7-17(12-15)13-16(2)22-21(23)20-11-10-18-8-3-4-9-19(18)14-20/h3-12,14,16H,2,13H2,1H3,(H,22,23)/t16-/m1/s1. The van der Waals surface area contributed by atoms with Crippen molar-refractivity contribution in [2.24, 2.45) is 0 Å². The molecule has 1 atom stereocenters. The second-order valence-corrected chi connectivity index (χ2v) is 5.93. The lowest BCUT2D eigenvalue weighted by atomic mass is 10.0. The Balaban J connectivity index is 1.69. The van der Waals surface area contributed by atoms with E-state index in [2.05, 4.69) is 37.4 Å². The number of benzene rings is 3. The first-order chi connectivity index (χ1) is 11.1. The van der Waals surface area contributed by atoms with Crippen LogP contribution >= 0.6 is 0 Å². The molecule has 0 aromatic heterocycles. The average molecular weight is 302 g/mol. The molecular weight excluding hydrogens is 282 g/mol. The van der Waals surface area contributed by atoms with Crippen LogP contribution in [0.5, 0.6) is 0 Å². The highest BCUT2D eigenvalue weighted by Gasteiger charge is 2.11. The highest BCUT2D eigenvalue weighted by Crippen LogP contribution is 2.16. The predicted octanol–water partition coefficient (Wildman–Crippen LogP) is 4.32. The smallest absolute Gasteiger partial charge is 0.251 e. The van der Waals surface area contributed by atoms with Crippen molar-refractivity contribution in [1.82, 2.24) is 5.32 Å². The minimum absolute atomic E-state index is 0.0802. The molecule has 0 aliphatic rings. The zero-order chi connectivity index (χ0) is 16.2. The molecule has 1 amide bonds. The lowest BCUT2D eigenvalue weighted by Gasteiger charge is -2.14. The summed E-state index contributed by atoms with van der Waals surface area (Å²) in [5.74, 6) is -0.0802. The van der Waals surface area contributed by atoms with Crippen molar-refractivity contribution in [3.63, 3.8) is 0 Å². The first-order valence-electron chi connectivity index (χ1n) is 7.80. The Bertz CT molecular complexity index is 838. The van der Waals surface area contributed by atoms with E-state index < -0.39 is 0 Å². The molecule has 2 nitrogen and oxygen atoms in total. The molecule has 0 saturated carbocycles. The Morgan fingerprint density at radius 2 is 1.78 bits per heavy atom. The molecule has 0 unspecified atom stereocenters. The molecule has 0 heterocycles. The number of fused-ring (bicyclic) bond motifs is 1. The number of amides is 1. The second kappa shape index (κ2) is 6.66. The fourth-order valence-corrected chi connectivity index (χ4v) is 2.77. The van der Waals surface area contributed by atoms with Crippen LogP contribution in [0.4, 0.5) is 0 Å². The van der Waals surface area contributed by atoms with Crippen molar-refractivity contribution in [3.8, 4) is 0 Å². The fourth-order valence-electron chi connectivity index (χ4n) is 2.77. The Hall–Kier alpha value is -2.61. The molecule has 0 spiro atoms. The molecule has 3 aromatic rings. The average Bonchev–Trinajstić information content (AvgIpc) is 2.54. The summed E-state index contributed by atoms with van der Waals surface area (Å²) in [5.41, 5.74) is 3.07. The van der Waals surface area contributed by atoms with Crippen LogP contribution < -0.4 is 5.32 Å². The number of aryl methyl sites for hydroxylation is 1. The Morgan fingerprint density at radius 1 is 1.00 bits per heavy atom. The van der Waals surface area contributed by atoms with Gasteiger partial charge in [0.1, 0.15) is 0 Å². The summed E-state index contributed by atoms with van der Waals surface area (Å²) in [4.78, 5) is 12.4. The van der Waals surface area contributed by atoms with Crippen molar-refractivity contribution in [2.75, 3.05) is 0 Å². The number of carbonyl (C=O) groups excluding carboxylic acids is 1. The molecule has 115 valence electrons. The highest BCUT2D eigenvalue weighted by atomic mass is 16.1. The molecule has 1 N–H and O–H groups in total. The number of nitrogens with one attached hydrogen (secondary N) is 1. The SMILES string of the molecule is [CH2][C@H](Cc1cccc(C)c1)NC(=O)c1ccc2ccccc2c1. The third-order valence-electron chi connectivity index (χ3n) is 3.91. The van der Waals surface area contributed by atoms with Gasteiger partial charge in [0, 0.05) is 11.6 Å². The molecule has 3 rings (SSSR count). The van der Waals surface area contributed by atoms with E-state index in [0.717, 1.165) is 17.2 Å². The van der Waals surface area contributed by atoms with Crippen LogP contribution in [0.15, 0.2) is 66.7 Å². The number of carbonyl (C=O) groups is 1. The van der Waals surface area contributed by atoms with Gasteiger partial charge in [-0.05, 0) is 48.7 Å². The summed E-state index contributed by atoms with van der Waals surface area (Å²) in [6, 6.07) is 21.9. The predicted molar refractivity (Wildman–Crippen MR) is 95.4 cm³/mol. The molecule has 23 heavy (non-hydrogen) atoms. The lowest BCUT2D eigenvalue weighted by molar-refractivity contribution is 0.0944. The van der Waals surface area contributed by atoms with Gasteiger partial charge in [-0.1, -0.05) is 60.2 Å². The summed E-state index contributed by atoms with van der Waals surface area (Å²) in [6.07, 6.45) is 0.723. The van der Waals surface area contributed by atoms with Crippen LogP contribution in [0.1, 0.15) is 21.5 Å². The largest absolute Gasteiger partial charge is 0.349 e. The van der Waals surface area contributed by atoms with E-state index in [4.69, 9.17) is 0 Å². The molecule has 0 aliphatic carbocycles. The Labute approximate surface area is 137 Å². The Morgan fingerprint density at radius 3 is 2.57 bits per heavy atom. The summed E-state index contributed by atoms with van der Waals surface area (Å²) in [7, 11) is 0. The molecule has 0 saturated heterocycles. The van der Waals surface area contributed by atoms with E-state index in [0.29, 0.717) is 5.56 Å². The van der Waals surface area contributed by atoms with E-state index in [1.807, 2.05) is 48.5 Å². The van der Waals surface area contributed by atoms with Crippen molar-refractivity contribution >= 4 is 16.7 Å². The number of rotatable bonds is 4. The third-order valence-corrected chi connectivity index (χ3v) is 3.91.